The molecule has 2 nitrogen and oxygen atoms in total. The molecule has 0 aromatic heterocycles. The Bertz CT molecular complexity index is 111. The molecule has 5 heteroatoms. The van der Waals surface area contributed by atoms with Gasteiger partial charge in [-0.05, 0) is 18.6 Å². The van der Waals surface area contributed by atoms with E-state index in [0.29, 0.717) is 6.42 Å². The van der Waals surface area contributed by atoms with Crippen LogP contribution in [0.5, 0.6) is 0 Å². The Morgan fingerprint density at radius 1 is 1.45 bits per heavy atom. The van der Waals surface area contributed by atoms with Crippen molar-refractivity contribution in [1.82, 2.24) is 0 Å². The predicted molar refractivity (Wildman–Crippen MR) is 58.1 cm³/mol. The fourth-order valence-corrected chi connectivity index (χ4v) is 0.979. The van der Waals surface area contributed by atoms with E-state index in [0.717, 1.165) is 18.6 Å². The van der Waals surface area contributed by atoms with Crippen LogP contribution in [0.4, 0.5) is 0 Å². The maximum absolute atomic E-state index is 10.2. The molecule has 1 unspecified atom stereocenters. The molecule has 0 saturated heterocycles. The van der Waals surface area contributed by atoms with Crippen molar-refractivity contribution in [2.24, 2.45) is 0 Å². The Kier molecular flexibility index (Phi) is 12.1. The predicted octanol–water partition coefficient (Wildman–Crippen LogP) is 0.286. The van der Waals surface area contributed by atoms with Crippen molar-refractivity contribution in [1.29, 1.82) is 0 Å². The van der Waals surface area contributed by atoms with E-state index in [1.807, 2.05) is 0 Å². The zero-order valence-corrected chi connectivity index (χ0v) is 13.6. The minimum atomic E-state index is -0.831. The molecular formula is C6H15BiO2S2. The van der Waals surface area contributed by atoms with Crippen LogP contribution in [0, 0.1) is 0 Å². The first-order chi connectivity index (χ1) is 4.68. The molecule has 1 N–H and O–H groups in total. The second-order valence-corrected chi connectivity index (χ2v) is 3.14. The van der Waals surface area contributed by atoms with Crippen LogP contribution >= 0.6 is 25.3 Å². The second-order valence-electron chi connectivity index (χ2n) is 2.07. The summed E-state index contributed by atoms with van der Waals surface area (Å²) in [7, 11) is 0. The number of rotatable bonds is 5. The summed E-state index contributed by atoms with van der Waals surface area (Å²) in [5, 5.41) is 7.89. The van der Waals surface area contributed by atoms with E-state index < -0.39 is 11.2 Å². The van der Waals surface area contributed by atoms with E-state index in [-0.39, 0.29) is 26.2 Å². The molecule has 0 fully saturated rings. The quantitative estimate of drug-likeness (QED) is 0.358. The number of thiol groups is 2. The van der Waals surface area contributed by atoms with Gasteiger partial charge < -0.3 is 5.11 Å². The van der Waals surface area contributed by atoms with Crippen LogP contribution < -0.4 is 0 Å². The summed E-state index contributed by atoms with van der Waals surface area (Å²) < 4.78 is 0. The summed E-state index contributed by atoms with van der Waals surface area (Å²) in [6, 6.07) is 0. The average molecular weight is 392 g/mol. The monoisotopic (exact) mass is 392 g/mol. The van der Waals surface area contributed by atoms with Gasteiger partial charge in [0.25, 0.3) is 0 Å². The Hall–Kier alpha value is 1.05. The summed E-state index contributed by atoms with van der Waals surface area (Å²) in [5.41, 5.74) is 0. The van der Waals surface area contributed by atoms with Crippen LogP contribution in [0.2, 0.25) is 0 Å². The van der Waals surface area contributed by atoms with Gasteiger partial charge in [0, 0.05) is 0 Å². The summed E-state index contributed by atoms with van der Waals surface area (Å²) >= 11 is 7.88. The Balaban J connectivity index is 0. The fourth-order valence-electron chi connectivity index (χ4n) is 0.573. The average Bonchev–Trinajstić information content (AvgIpc) is 1.88. The van der Waals surface area contributed by atoms with Gasteiger partial charge in [0.05, 0.1) is 5.25 Å². The third kappa shape index (κ3) is 8.96. The summed E-state index contributed by atoms with van der Waals surface area (Å²) in [5.74, 6) is -0.0115. The van der Waals surface area contributed by atoms with Crippen molar-refractivity contribution in [2.75, 3.05) is 5.75 Å². The van der Waals surface area contributed by atoms with Crippen LogP contribution in [-0.2, 0) is 4.79 Å². The first-order valence-corrected chi connectivity index (χ1v) is 4.35. The van der Waals surface area contributed by atoms with Crippen LogP contribution in [0.25, 0.3) is 0 Å². The van der Waals surface area contributed by atoms with Crippen molar-refractivity contribution < 1.29 is 9.90 Å². The van der Waals surface area contributed by atoms with Gasteiger partial charge in [-0.15, -0.1) is 0 Å². The van der Waals surface area contributed by atoms with Crippen molar-refractivity contribution in [2.45, 2.75) is 24.5 Å². The first-order valence-electron chi connectivity index (χ1n) is 3.20. The molecule has 0 radical (unpaired) electrons. The molecule has 0 aliphatic carbocycles. The molecule has 0 amide bonds. The number of unbranched alkanes of at least 4 members (excludes halogenated alkanes) is 1. The van der Waals surface area contributed by atoms with Gasteiger partial charge in [0.2, 0.25) is 0 Å². The molecule has 0 aromatic rings. The van der Waals surface area contributed by atoms with Crippen molar-refractivity contribution in [3.8, 4) is 0 Å². The molecular weight excluding hydrogens is 377 g/mol. The third-order valence-electron chi connectivity index (χ3n) is 1.17. The Labute approximate surface area is 97.1 Å². The molecule has 0 saturated carbocycles. The van der Waals surface area contributed by atoms with Gasteiger partial charge in [-0.25, -0.2) is 0 Å². The molecule has 0 bridgehead atoms. The third-order valence-corrected chi connectivity index (χ3v) is 1.97. The molecule has 1 atom stereocenters. The fraction of sp³-hybridized carbons (Fsp3) is 0.833. The van der Waals surface area contributed by atoms with Crippen LogP contribution in [0.3, 0.4) is 0 Å². The minimum absolute atomic E-state index is 0. The molecule has 0 aromatic carbocycles. The van der Waals surface area contributed by atoms with Gasteiger partial charge in [0.15, 0.2) is 0 Å². The molecule has 0 aliphatic rings. The van der Waals surface area contributed by atoms with Crippen molar-refractivity contribution >= 4 is 57.4 Å². The number of carboxylic acid groups (broad SMARTS) is 1. The van der Waals surface area contributed by atoms with E-state index in [2.05, 4.69) is 25.3 Å². The number of hydrogen-bond acceptors (Lipinski definition) is 3. The summed E-state index contributed by atoms with van der Waals surface area (Å²) in [6.07, 6.45) is 2.50. The van der Waals surface area contributed by atoms with E-state index in [4.69, 9.17) is 5.11 Å². The maximum atomic E-state index is 10.2. The Morgan fingerprint density at radius 3 is 2.36 bits per heavy atom. The molecule has 0 rings (SSSR count). The number of aliphatic carboxylic acids is 1. The van der Waals surface area contributed by atoms with Crippen molar-refractivity contribution in [3.63, 3.8) is 0 Å². The van der Waals surface area contributed by atoms with E-state index >= 15 is 0 Å². The molecule has 11 heavy (non-hydrogen) atoms. The summed E-state index contributed by atoms with van der Waals surface area (Å²) in [6.45, 7) is 0. The van der Waals surface area contributed by atoms with Gasteiger partial charge in [0.1, 0.15) is 0 Å². The van der Waals surface area contributed by atoms with Gasteiger partial charge >= 0.3 is 32.2 Å². The zero-order chi connectivity index (χ0) is 7.98. The molecule has 0 aliphatic heterocycles. The molecule has 68 valence electrons. The Morgan fingerprint density at radius 2 is 2.00 bits per heavy atom. The number of carbonyl (C=O) groups is 1. The van der Waals surface area contributed by atoms with E-state index in [1.165, 1.54) is 0 Å². The van der Waals surface area contributed by atoms with Gasteiger partial charge in [-0.2, -0.15) is 25.3 Å². The topological polar surface area (TPSA) is 37.3 Å². The zero-order valence-electron chi connectivity index (χ0n) is 6.36. The van der Waals surface area contributed by atoms with E-state index in [9.17, 15) is 4.79 Å². The number of carboxylic acids is 1. The molecule has 0 spiro atoms. The molecule has 0 heterocycles. The van der Waals surface area contributed by atoms with Crippen LogP contribution in [0.1, 0.15) is 19.3 Å². The first kappa shape index (κ1) is 14.6. The van der Waals surface area contributed by atoms with Crippen LogP contribution in [0.15, 0.2) is 0 Å². The SMILES string of the molecule is O=C(O)C(S)CCCCS.[BiH3]. The standard InChI is InChI=1S/C6H12O2S2.Bi.3H/c7-6(8)5(10)3-1-2-4-9;;;;/h5,9-10H,1-4H2,(H,7,8);;;;. The van der Waals surface area contributed by atoms with Crippen LogP contribution in [-0.4, -0.2) is 48.3 Å². The van der Waals surface area contributed by atoms with Gasteiger partial charge in [-0.3, -0.25) is 4.79 Å². The second kappa shape index (κ2) is 9.14. The normalized spacial score (nSPS) is 11.8. The number of hydrogen-bond donors (Lipinski definition) is 3. The summed E-state index contributed by atoms with van der Waals surface area (Å²) in [4.78, 5) is 10.2. The van der Waals surface area contributed by atoms with E-state index in [1.54, 1.807) is 0 Å². The van der Waals surface area contributed by atoms with Crippen molar-refractivity contribution in [3.05, 3.63) is 0 Å². The van der Waals surface area contributed by atoms with Gasteiger partial charge in [-0.1, -0.05) is 6.42 Å².